The second kappa shape index (κ2) is 23.4. The van der Waals surface area contributed by atoms with Crippen molar-refractivity contribution in [3.05, 3.63) is 0 Å². The zero-order valence-corrected chi connectivity index (χ0v) is 23.9. The number of rotatable bonds is 26. The Kier molecular flexibility index (Phi) is 23.1. The van der Waals surface area contributed by atoms with E-state index in [-0.39, 0.29) is 0 Å². The third-order valence-electron chi connectivity index (χ3n) is 7.27. The molecule has 0 aromatic rings. The molecule has 0 saturated carbocycles. The van der Waals surface area contributed by atoms with Crippen LogP contribution in [0.3, 0.4) is 0 Å². The summed E-state index contributed by atoms with van der Waals surface area (Å²) in [5.41, 5.74) is 0. The van der Waals surface area contributed by atoms with Gasteiger partial charge in [0.1, 0.15) is 5.78 Å². The van der Waals surface area contributed by atoms with E-state index in [9.17, 15) is 4.79 Å². The number of ketones is 1. The third kappa shape index (κ3) is 24.6. The van der Waals surface area contributed by atoms with Gasteiger partial charge >= 0.3 is 0 Å². The lowest BCUT2D eigenvalue weighted by Crippen LogP contribution is -2.35. The number of unbranched alkanes of at least 4 members (excludes halogenated alkanes) is 17. The molecular formula is C31H64NO+. The molecule has 2 nitrogen and oxygen atoms in total. The lowest BCUT2D eigenvalue weighted by atomic mass is 9.88. The average molecular weight is 467 g/mol. The predicted molar refractivity (Wildman–Crippen MR) is 149 cm³/mol. The number of nitrogens with zero attached hydrogens (tertiary/aromatic N) is 1. The molecule has 0 radical (unpaired) electrons. The molecule has 0 aromatic heterocycles. The van der Waals surface area contributed by atoms with Crippen molar-refractivity contribution in [2.75, 3.05) is 27.7 Å². The van der Waals surface area contributed by atoms with E-state index in [2.05, 4.69) is 35.0 Å². The Balaban J connectivity index is 4.07. The predicted octanol–water partition coefficient (Wildman–Crippen LogP) is 9.89. The number of Topliss-reactive ketones (excluding diaryl/α,β-unsaturated/α-hetero) is 1. The van der Waals surface area contributed by atoms with Gasteiger partial charge in [0.2, 0.25) is 0 Å². The van der Waals surface area contributed by atoms with Crippen molar-refractivity contribution in [1.82, 2.24) is 0 Å². The van der Waals surface area contributed by atoms with Gasteiger partial charge in [-0.2, -0.15) is 0 Å². The first-order chi connectivity index (χ1) is 15.9. The minimum Gasteiger partial charge on any atom is -0.331 e. The number of hydrogen-bond acceptors (Lipinski definition) is 1. The fourth-order valence-electron chi connectivity index (χ4n) is 4.96. The molecule has 0 saturated heterocycles. The van der Waals surface area contributed by atoms with Crippen LogP contribution in [0.25, 0.3) is 0 Å². The van der Waals surface area contributed by atoms with Crippen LogP contribution >= 0.6 is 0 Å². The van der Waals surface area contributed by atoms with Gasteiger partial charge in [-0.25, -0.2) is 0 Å². The molecule has 0 fully saturated rings. The summed E-state index contributed by atoms with van der Waals surface area (Å²) in [6, 6.07) is 0. The maximum atomic E-state index is 13.0. The highest BCUT2D eigenvalue weighted by molar-refractivity contribution is 5.80. The molecule has 0 N–H and O–H groups in total. The molecular weight excluding hydrogens is 402 g/mol. The topological polar surface area (TPSA) is 17.1 Å². The Morgan fingerprint density at radius 2 is 0.879 bits per heavy atom. The van der Waals surface area contributed by atoms with Crippen LogP contribution in [0.4, 0.5) is 0 Å². The quantitative estimate of drug-likeness (QED) is 0.0915. The van der Waals surface area contributed by atoms with Crippen LogP contribution in [0.1, 0.15) is 162 Å². The van der Waals surface area contributed by atoms with Crippen LogP contribution in [0, 0.1) is 5.92 Å². The summed E-state index contributed by atoms with van der Waals surface area (Å²) < 4.78 is 1.04. The number of carbonyl (C=O) groups excluding carboxylic acids is 1. The molecule has 0 aliphatic rings. The number of hydrogen-bond donors (Lipinski definition) is 0. The first kappa shape index (κ1) is 32.6. The molecule has 0 bridgehead atoms. The Bertz CT molecular complexity index is 412. The van der Waals surface area contributed by atoms with E-state index in [1.54, 1.807) is 0 Å². The molecule has 0 rings (SSSR count). The minimum atomic E-state index is 0.344. The van der Waals surface area contributed by atoms with Gasteiger partial charge in [-0.1, -0.05) is 123 Å². The van der Waals surface area contributed by atoms with Crippen LogP contribution in [0.15, 0.2) is 0 Å². The highest BCUT2D eigenvalue weighted by atomic mass is 16.1. The van der Waals surface area contributed by atoms with E-state index in [0.717, 1.165) is 30.2 Å². The van der Waals surface area contributed by atoms with Crippen LogP contribution in [-0.2, 0) is 4.79 Å². The highest BCUT2D eigenvalue weighted by Crippen LogP contribution is 2.22. The Hall–Kier alpha value is -0.370. The van der Waals surface area contributed by atoms with Gasteiger partial charge in [0.05, 0.1) is 27.7 Å². The van der Waals surface area contributed by atoms with Gasteiger partial charge in [-0.15, -0.1) is 0 Å². The Morgan fingerprint density at radius 3 is 1.30 bits per heavy atom. The molecule has 2 heteroatoms. The van der Waals surface area contributed by atoms with Crippen molar-refractivity contribution in [3.8, 4) is 0 Å². The van der Waals surface area contributed by atoms with Gasteiger partial charge in [-0.3, -0.25) is 4.79 Å². The fraction of sp³-hybridized carbons (Fsp3) is 0.968. The van der Waals surface area contributed by atoms with Crippen molar-refractivity contribution in [2.45, 2.75) is 162 Å². The van der Waals surface area contributed by atoms with Gasteiger partial charge in [0.15, 0.2) is 0 Å². The Morgan fingerprint density at radius 1 is 0.515 bits per heavy atom. The molecule has 0 aromatic carbocycles. The van der Waals surface area contributed by atoms with Gasteiger partial charge in [-0.05, 0) is 32.1 Å². The fourth-order valence-corrected chi connectivity index (χ4v) is 4.96. The third-order valence-corrected chi connectivity index (χ3v) is 7.27. The molecule has 0 heterocycles. The highest BCUT2D eigenvalue weighted by Gasteiger charge is 2.18. The van der Waals surface area contributed by atoms with Crippen LogP contribution < -0.4 is 0 Å². The van der Waals surface area contributed by atoms with Crippen molar-refractivity contribution >= 4 is 5.78 Å². The van der Waals surface area contributed by atoms with E-state index < -0.39 is 0 Å². The van der Waals surface area contributed by atoms with Crippen molar-refractivity contribution in [2.24, 2.45) is 5.92 Å². The second-order valence-electron chi connectivity index (χ2n) is 11.9. The van der Waals surface area contributed by atoms with Gasteiger partial charge in [0, 0.05) is 12.3 Å². The standard InChI is InChI=1S/C31H64NO/c1-6-8-10-12-14-16-18-20-22-26-30(27-24-25-29-32(3,4)5)31(33)28-23-21-19-17-15-13-11-9-7-2/h30H,6-29H2,1-5H3/q+1. The maximum Gasteiger partial charge on any atom is 0.135 e. The summed E-state index contributed by atoms with van der Waals surface area (Å²) in [7, 11) is 6.82. The zero-order chi connectivity index (χ0) is 24.6. The molecule has 33 heavy (non-hydrogen) atoms. The first-order valence-corrected chi connectivity index (χ1v) is 15.2. The van der Waals surface area contributed by atoms with Crippen molar-refractivity contribution in [3.63, 3.8) is 0 Å². The van der Waals surface area contributed by atoms with Crippen molar-refractivity contribution in [1.29, 1.82) is 0 Å². The largest absolute Gasteiger partial charge is 0.331 e. The summed E-state index contributed by atoms with van der Waals surface area (Å²) in [6.45, 7) is 5.79. The molecule has 1 atom stereocenters. The van der Waals surface area contributed by atoms with E-state index in [1.165, 1.54) is 129 Å². The summed E-state index contributed by atoms with van der Waals surface area (Å²) in [4.78, 5) is 13.0. The van der Waals surface area contributed by atoms with Crippen molar-refractivity contribution < 1.29 is 9.28 Å². The average Bonchev–Trinajstić information content (AvgIpc) is 2.77. The second-order valence-corrected chi connectivity index (χ2v) is 11.9. The molecule has 0 amide bonds. The van der Waals surface area contributed by atoms with E-state index in [4.69, 9.17) is 0 Å². The van der Waals surface area contributed by atoms with Crippen LogP contribution in [-0.4, -0.2) is 38.0 Å². The van der Waals surface area contributed by atoms with E-state index in [1.807, 2.05) is 0 Å². The summed E-state index contributed by atoms with van der Waals surface area (Å²) in [5.74, 6) is 0.929. The van der Waals surface area contributed by atoms with E-state index in [0.29, 0.717) is 11.7 Å². The summed E-state index contributed by atoms with van der Waals surface area (Å²) in [5, 5.41) is 0. The van der Waals surface area contributed by atoms with Crippen LogP contribution in [0.5, 0.6) is 0 Å². The normalized spacial score (nSPS) is 12.9. The lowest BCUT2D eigenvalue weighted by Gasteiger charge is -2.24. The summed E-state index contributed by atoms with van der Waals surface area (Å²) >= 11 is 0. The first-order valence-electron chi connectivity index (χ1n) is 15.2. The van der Waals surface area contributed by atoms with Crippen LogP contribution in [0.2, 0.25) is 0 Å². The molecule has 1 unspecified atom stereocenters. The Labute approximate surface area is 210 Å². The molecule has 0 spiro atoms. The molecule has 198 valence electrons. The maximum absolute atomic E-state index is 13.0. The SMILES string of the molecule is CCCCCCCCCCCC(=O)C(CCCCCCCCCCC)CCCC[N+](C)(C)C. The minimum absolute atomic E-state index is 0.344. The monoisotopic (exact) mass is 466 g/mol. The number of carbonyl (C=O) groups is 1. The van der Waals surface area contributed by atoms with Gasteiger partial charge in [0.25, 0.3) is 0 Å². The number of quaternary nitrogens is 1. The molecule has 0 aliphatic carbocycles. The van der Waals surface area contributed by atoms with Gasteiger partial charge < -0.3 is 4.48 Å². The smallest absolute Gasteiger partial charge is 0.135 e. The zero-order valence-electron chi connectivity index (χ0n) is 23.9. The lowest BCUT2D eigenvalue weighted by molar-refractivity contribution is -0.870. The van der Waals surface area contributed by atoms with E-state index >= 15 is 0 Å². The summed E-state index contributed by atoms with van der Waals surface area (Å²) in [6.07, 6.45) is 29.9. The molecule has 0 aliphatic heterocycles.